The molecule has 132 valence electrons. The van der Waals surface area contributed by atoms with Gasteiger partial charge in [0.05, 0.1) is 19.3 Å². The highest BCUT2D eigenvalue weighted by Gasteiger charge is 2.16. The maximum Gasteiger partial charge on any atom is 0.358 e. The van der Waals surface area contributed by atoms with E-state index in [1.807, 2.05) is 0 Å². The number of amides is 1. The van der Waals surface area contributed by atoms with Gasteiger partial charge in [0.25, 0.3) is 5.91 Å². The Morgan fingerprint density at radius 2 is 1.96 bits per heavy atom. The molecule has 1 aromatic carbocycles. The van der Waals surface area contributed by atoms with Gasteiger partial charge in [-0.15, -0.1) is 0 Å². The molecule has 1 amide bonds. The minimum Gasteiger partial charge on any atom is -0.494 e. The highest BCUT2D eigenvalue weighted by atomic mass is 16.5. The zero-order valence-corrected chi connectivity index (χ0v) is 14.1. The van der Waals surface area contributed by atoms with Crippen molar-refractivity contribution in [1.29, 1.82) is 0 Å². The third kappa shape index (κ3) is 4.94. The first-order valence-electron chi connectivity index (χ1n) is 7.86. The van der Waals surface area contributed by atoms with E-state index < -0.39 is 11.9 Å². The van der Waals surface area contributed by atoms with Crippen LogP contribution in [0, 0.1) is 0 Å². The fourth-order valence-electron chi connectivity index (χ4n) is 2.06. The standard InChI is InChI=1S/C18H20N2O5/c1-3-4-9-25-14-7-5-13(6-8-14)20-17(21)12-10-15(24-2)16(18(22)23)19-11-12/h5-8,10-11H,3-4,9H2,1-2H3,(H,20,21)(H,22,23). The van der Waals surface area contributed by atoms with Gasteiger partial charge in [-0.25, -0.2) is 9.78 Å². The fourth-order valence-corrected chi connectivity index (χ4v) is 2.06. The quantitative estimate of drug-likeness (QED) is 0.714. The number of aromatic nitrogens is 1. The highest BCUT2D eigenvalue weighted by molar-refractivity contribution is 6.04. The van der Waals surface area contributed by atoms with Crippen molar-refractivity contribution < 1.29 is 24.2 Å². The summed E-state index contributed by atoms with van der Waals surface area (Å²) in [4.78, 5) is 27.1. The Labute approximate surface area is 145 Å². The number of unbranched alkanes of at least 4 members (excludes halogenated alkanes) is 1. The van der Waals surface area contributed by atoms with Gasteiger partial charge in [0.2, 0.25) is 0 Å². The summed E-state index contributed by atoms with van der Waals surface area (Å²) in [5, 5.41) is 11.7. The first-order chi connectivity index (χ1) is 12.0. The molecule has 0 atom stereocenters. The van der Waals surface area contributed by atoms with Crippen LogP contribution in [0.2, 0.25) is 0 Å². The number of nitrogens with one attached hydrogen (secondary N) is 1. The van der Waals surface area contributed by atoms with Gasteiger partial charge in [0.15, 0.2) is 11.4 Å². The minimum atomic E-state index is -1.22. The Balaban J connectivity index is 2.05. The van der Waals surface area contributed by atoms with Crippen LogP contribution in [0.4, 0.5) is 5.69 Å². The lowest BCUT2D eigenvalue weighted by Gasteiger charge is -2.09. The number of nitrogens with zero attached hydrogens (tertiary/aromatic N) is 1. The number of hydrogen-bond donors (Lipinski definition) is 2. The average molecular weight is 344 g/mol. The van der Waals surface area contributed by atoms with Gasteiger partial charge in [-0.1, -0.05) is 13.3 Å². The molecule has 25 heavy (non-hydrogen) atoms. The summed E-state index contributed by atoms with van der Waals surface area (Å²) in [6.07, 6.45) is 3.25. The number of hydrogen-bond acceptors (Lipinski definition) is 5. The van der Waals surface area contributed by atoms with Gasteiger partial charge in [-0.05, 0) is 36.8 Å². The van der Waals surface area contributed by atoms with E-state index in [0.717, 1.165) is 18.6 Å². The van der Waals surface area contributed by atoms with Crippen molar-refractivity contribution in [3.05, 3.63) is 47.8 Å². The second-order valence-electron chi connectivity index (χ2n) is 5.26. The van der Waals surface area contributed by atoms with Gasteiger partial charge < -0.3 is 19.9 Å². The summed E-state index contributed by atoms with van der Waals surface area (Å²) in [5.41, 5.74) is 0.548. The van der Waals surface area contributed by atoms with Gasteiger partial charge in [0.1, 0.15) is 5.75 Å². The van der Waals surface area contributed by atoms with Crippen LogP contribution in [0.5, 0.6) is 11.5 Å². The van der Waals surface area contributed by atoms with Crippen molar-refractivity contribution >= 4 is 17.6 Å². The van der Waals surface area contributed by atoms with Gasteiger partial charge >= 0.3 is 5.97 Å². The van der Waals surface area contributed by atoms with E-state index in [2.05, 4.69) is 17.2 Å². The molecule has 2 N–H and O–H groups in total. The lowest BCUT2D eigenvalue weighted by molar-refractivity contribution is 0.0686. The molecule has 7 heteroatoms. The Kier molecular flexibility index (Phi) is 6.33. The smallest absolute Gasteiger partial charge is 0.358 e. The molecule has 0 radical (unpaired) electrons. The van der Waals surface area contributed by atoms with E-state index in [1.54, 1.807) is 24.3 Å². The van der Waals surface area contributed by atoms with Crippen LogP contribution in [-0.2, 0) is 0 Å². The van der Waals surface area contributed by atoms with Crippen LogP contribution in [-0.4, -0.2) is 35.7 Å². The number of rotatable bonds is 8. The van der Waals surface area contributed by atoms with Crippen molar-refractivity contribution in [3.8, 4) is 11.5 Å². The van der Waals surface area contributed by atoms with Crippen molar-refractivity contribution in [2.45, 2.75) is 19.8 Å². The molecule has 0 spiro atoms. The highest BCUT2D eigenvalue weighted by Crippen LogP contribution is 2.20. The maximum absolute atomic E-state index is 12.3. The second-order valence-corrected chi connectivity index (χ2v) is 5.26. The predicted octanol–water partition coefficient (Wildman–Crippen LogP) is 3.22. The molecule has 2 rings (SSSR count). The van der Waals surface area contributed by atoms with E-state index in [9.17, 15) is 9.59 Å². The zero-order valence-electron chi connectivity index (χ0n) is 14.1. The molecule has 0 unspecified atom stereocenters. The number of anilines is 1. The molecule has 0 bridgehead atoms. The van der Waals surface area contributed by atoms with Crippen LogP contribution in [0.25, 0.3) is 0 Å². The summed E-state index contributed by atoms with van der Waals surface area (Å²) in [7, 11) is 1.32. The van der Waals surface area contributed by atoms with Gasteiger partial charge in [0, 0.05) is 11.9 Å². The van der Waals surface area contributed by atoms with Crippen molar-refractivity contribution in [1.82, 2.24) is 4.98 Å². The molecule has 2 aromatic rings. The number of methoxy groups -OCH3 is 1. The molecule has 0 saturated carbocycles. The molecule has 0 fully saturated rings. The van der Waals surface area contributed by atoms with Crippen LogP contribution >= 0.6 is 0 Å². The van der Waals surface area contributed by atoms with Crippen molar-refractivity contribution in [2.75, 3.05) is 19.0 Å². The lowest BCUT2D eigenvalue weighted by Crippen LogP contribution is -2.14. The van der Waals surface area contributed by atoms with E-state index in [4.69, 9.17) is 14.6 Å². The summed E-state index contributed by atoms with van der Waals surface area (Å²) in [6, 6.07) is 8.36. The topological polar surface area (TPSA) is 97.8 Å². The van der Waals surface area contributed by atoms with Crippen LogP contribution in [0.1, 0.15) is 40.6 Å². The number of carbonyl (C=O) groups is 2. The molecule has 0 aliphatic carbocycles. The average Bonchev–Trinajstić information content (AvgIpc) is 2.62. The molecular formula is C18H20N2O5. The van der Waals surface area contributed by atoms with Gasteiger partial charge in [-0.3, -0.25) is 4.79 Å². The lowest BCUT2D eigenvalue weighted by atomic mass is 10.2. The number of pyridine rings is 1. The SMILES string of the molecule is CCCCOc1ccc(NC(=O)c2cnc(C(=O)O)c(OC)c2)cc1. The Hall–Kier alpha value is -3.09. The van der Waals surface area contributed by atoms with Crippen molar-refractivity contribution in [3.63, 3.8) is 0 Å². The largest absolute Gasteiger partial charge is 0.494 e. The third-order valence-electron chi connectivity index (χ3n) is 3.42. The number of benzene rings is 1. The third-order valence-corrected chi connectivity index (χ3v) is 3.42. The van der Waals surface area contributed by atoms with Crippen LogP contribution < -0.4 is 14.8 Å². The fraction of sp³-hybridized carbons (Fsp3) is 0.278. The van der Waals surface area contributed by atoms with Crippen LogP contribution in [0.3, 0.4) is 0 Å². The number of ether oxygens (including phenoxy) is 2. The summed E-state index contributed by atoms with van der Waals surface area (Å²) in [5.74, 6) is -0.870. The summed E-state index contributed by atoms with van der Waals surface area (Å²) < 4.78 is 10.5. The Morgan fingerprint density at radius 3 is 2.56 bits per heavy atom. The van der Waals surface area contributed by atoms with E-state index in [-0.39, 0.29) is 17.0 Å². The number of carboxylic acid groups (broad SMARTS) is 1. The first-order valence-corrected chi connectivity index (χ1v) is 7.86. The molecule has 0 aliphatic heterocycles. The molecule has 0 aliphatic rings. The van der Waals surface area contributed by atoms with Gasteiger partial charge in [-0.2, -0.15) is 0 Å². The van der Waals surface area contributed by atoms with Crippen molar-refractivity contribution in [2.24, 2.45) is 0 Å². The molecular weight excluding hydrogens is 324 g/mol. The normalized spacial score (nSPS) is 10.2. The predicted molar refractivity (Wildman–Crippen MR) is 92.5 cm³/mol. The Morgan fingerprint density at radius 1 is 1.24 bits per heavy atom. The van der Waals surface area contributed by atoms with E-state index >= 15 is 0 Å². The number of carboxylic acids is 1. The first kappa shape index (κ1) is 18.3. The molecule has 1 heterocycles. The number of aromatic carboxylic acids is 1. The van der Waals surface area contributed by atoms with E-state index in [1.165, 1.54) is 19.4 Å². The minimum absolute atomic E-state index is 0.0276. The van der Waals surface area contributed by atoms with Crippen LogP contribution in [0.15, 0.2) is 36.5 Å². The summed E-state index contributed by atoms with van der Waals surface area (Å²) >= 11 is 0. The molecule has 0 saturated heterocycles. The number of carbonyl (C=O) groups excluding carboxylic acids is 1. The van der Waals surface area contributed by atoms with E-state index in [0.29, 0.717) is 12.3 Å². The maximum atomic E-state index is 12.3. The Bertz CT molecular complexity index is 744. The summed E-state index contributed by atoms with van der Waals surface area (Å²) in [6.45, 7) is 2.75. The molecule has 7 nitrogen and oxygen atoms in total. The molecule has 1 aromatic heterocycles. The monoisotopic (exact) mass is 344 g/mol. The zero-order chi connectivity index (χ0) is 18.2. The second kappa shape index (κ2) is 8.68.